The monoisotopic (exact) mass is 284 g/mol. The number of aliphatic hydroxyl groups excluding tert-OH is 1. The summed E-state index contributed by atoms with van der Waals surface area (Å²) in [4.78, 5) is 23.8. The van der Waals surface area contributed by atoms with Gasteiger partial charge in [0.2, 0.25) is 5.91 Å². The van der Waals surface area contributed by atoms with Gasteiger partial charge in [-0.2, -0.15) is 4.68 Å². The summed E-state index contributed by atoms with van der Waals surface area (Å²) in [6, 6.07) is 1.31. The van der Waals surface area contributed by atoms with Gasteiger partial charge in [-0.3, -0.25) is 4.79 Å². The van der Waals surface area contributed by atoms with Crippen LogP contribution < -0.4 is 0 Å². The van der Waals surface area contributed by atoms with E-state index in [2.05, 4.69) is 5.10 Å². The van der Waals surface area contributed by atoms with E-state index in [0.717, 1.165) is 12.8 Å². The number of aromatic nitrogens is 2. The lowest BCUT2D eigenvalue weighted by molar-refractivity contribution is -0.389. The lowest BCUT2D eigenvalue weighted by Crippen LogP contribution is -2.43. The summed E-state index contributed by atoms with van der Waals surface area (Å²) in [5.74, 6) is -0.486. The number of aliphatic hydroxyl groups is 1. The van der Waals surface area contributed by atoms with Crippen molar-refractivity contribution in [1.82, 2.24) is 14.7 Å². The molecule has 0 unspecified atom stereocenters. The molecule has 1 aromatic heterocycles. The summed E-state index contributed by atoms with van der Waals surface area (Å²) in [5.41, 5.74) is 0. The Morgan fingerprint density at radius 3 is 2.65 bits per heavy atom. The van der Waals surface area contributed by atoms with Crippen molar-refractivity contribution in [3.8, 4) is 0 Å². The van der Waals surface area contributed by atoms with Gasteiger partial charge in [0.1, 0.15) is 6.54 Å². The molecule has 8 nitrogen and oxygen atoms in total. The molecule has 0 aliphatic rings. The van der Waals surface area contributed by atoms with E-state index in [1.807, 2.05) is 13.8 Å². The van der Waals surface area contributed by atoms with Gasteiger partial charge in [-0.1, -0.05) is 13.8 Å². The van der Waals surface area contributed by atoms with Crippen LogP contribution in [0.3, 0.4) is 0 Å². The second-order valence-electron chi connectivity index (χ2n) is 4.41. The summed E-state index contributed by atoms with van der Waals surface area (Å²) in [6.07, 6.45) is 2.99. The van der Waals surface area contributed by atoms with Crippen LogP contribution in [0, 0.1) is 10.1 Å². The lowest BCUT2D eigenvalue weighted by Gasteiger charge is -2.29. The van der Waals surface area contributed by atoms with Crippen molar-refractivity contribution in [1.29, 1.82) is 0 Å². The highest BCUT2D eigenvalue weighted by Crippen LogP contribution is 2.11. The second-order valence-corrected chi connectivity index (χ2v) is 4.41. The number of carbonyl (C=O) groups excluding carboxylic acids is 1. The smallest absolute Gasteiger partial charge is 0.389 e. The Balaban J connectivity index is 2.76. The van der Waals surface area contributed by atoms with E-state index in [9.17, 15) is 14.9 Å². The van der Waals surface area contributed by atoms with Gasteiger partial charge in [0, 0.05) is 12.6 Å². The molecular formula is C12H20N4O4. The highest BCUT2D eigenvalue weighted by molar-refractivity contribution is 5.76. The van der Waals surface area contributed by atoms with E-state index in [1.165, 1.54) is 16.9 Å². The number of hydrogen-bond donors (Lipinski definition) is 1. The van der Waals surface area contributed by atoms with Gasteiger partial charge < -0.3 is 20.1 Å². The van der Waals surface area contributed by atoms with Gasteiger partial charge in [-0.05, 0) is 17.8 Å². The Hall–Kier alpha value is -1.96. The SMILES string of the molecule is CCC(CC)N(CCO)C(=O)Cn1ccc([N+](=O)[O-])n1. The average Bonchev–Trinajstić information content (AvgIpc) is 2.87. The van der Waals surface area contributed by atoms with Crippen molar-refractivity contribution in [2.24, 2.45) is 0 Å². The van der Waals surface area contributed by atoms with Gasteiger partial charge >= 0.3 is 5.82 Å². The molecule has 0 fully saturated rings. The summed E-state index contributed by atoms with van der Waals surface area (Å²) < 4.78 is 1.24. The molecule has 0 aliphatic heterocycles. The molecule has 1 aromatic rings. The van der Waals surface area contributed by atoms with Crippen LogP contribution in [0.4, 0.5) is 5.82 Å². The average molecular weight is 284 g/mol. The normalized spacial score (nSPS) is 10.8. The van der Waals surface area contributed by atoms with Gasteiger partial charge in [-0.25, -0.2) is 0 Å². The highest BCUT2D eigenvalue weighted by Gasteiger charge is 2.22. The summed E-state index contributed by atoms with van der Waals surface area (Å²) >= 11 is 0. The fraction of sp³-hybridized carbons (Fsp3) is 0.667. The molecule has 1 heterocycles. The molecule has 0 aliphatic carbocycles. The molecule has 0 aromatic carbocycles. The van der Waals surface area contributed by atoms with Crippen LogP contribution >= 0.6 is 0 Å². The Kier molecular flexibility index (Phi) is 6.10. The topological polar surface area (TPSA) is 102 Å². The van der Waals surface area contributed by atoms with Crippen molar-refractivity contribution in [2.75, 3.05) is 13.2 Å². The maximum Gasteiger partial charge on any atom is 0.389 e. The van der Waals surface area contributed by atoms with Gasteiger partial charge in [0.15, 0.2) is 0 Å². The van der Waals surface area contributed by atoms with Crippen molar-refractivity contribution in [2.45, 2.75) is 39.3 Å². The first kappa shape index (κ1) is 16.1. The van der Waals surface area contributed by atoms with Crippen LogP contribution in [0.15, 0.2) is 12.3 Å². The first-order valence-corrected chi connectivity index (χ1v) is 6.61. The zero-order valence-corrected chi connectivity index (χ0v) is 11.7. The maximum absolute atomic E-state index is 12.2. The first-order chi connectivity index (χ1) is 9.53. The Morgan fingerprint density at radius 1 is 1.55 bits per heavy atom. The molecule has 20 heavy (non-hydrogen) atoms. The fourth-order valence-corrected chi connectivity index (χ4v) is 2.11. The summed E-state index contributed by atoms with van der Waals surface area (Å²) in [5, 5.41) is 23.3. The van der Waals surface area contributed by atoms with E-state index in [0.29, 0.717) is 0 Å². The minimum absolute atomic E-state index is 0.0557. The first-order valence-electron chi connectivity index (χ1n) is 6.61. The van der Waals surface area contributed by atoms with Crippen LogP contribution in [-0.4, -0.2) is 49.8 Å². The Bertz CT molecular complexity index is 456. The van der Waals surface area contributed by atoms with E-state index < -0.39 is 4.92 Å². The minimum Gasteiger partial charge on any atom is -0.395 e. The van der Waals surface area contributed by atoms with Crippen molar-refractivity contribution in [3.05, 3.63) is 22.4 Å². The Morgan fingerprint density at radius 2 is 2.20 bits per heavy atom. The predicted molar refractivity (Wildman–Crippen MR) is 72.1 cm³/mol. The van der Waals surface area contributed by atoms with Gasteiger partial charge in [0.05, 0.1) is 24.0 Å². The third kappa shape index (κ3) is 4.02. The number of nitrogens with zero attached hydrogens (tertiary/aromatic N) is 4. The third-order valence-electron chi connectivity index (χ3n) is 3.16. The maximum atomic E-state index is 12.2. The van der Waals surface area contributed by atoms with E-state index in [-0.39, 0.29) is 37.5 Å². The Labute approximate surface area is 117 Å². The molecule has 8 heteroatoms. The van der Waals surface area contributed by atoms with Crippen LogP contribution in [0.2, 0.25) is 0 Å². The predicted octanol–water partition coefficient (Wildman–Crippen LogP) is 0.801. The zero-order valence-electron chi connectivity index (χ0n) is 11.7. The largest absolute Gasteiger partial charge is 0.395 e. The fourth-order valence-electron chi connectivity index (χ4n) is 2.11. The minimum atomic E-state index is -0.604. The highest BCUT2D eigenvalue weighted by atomic mass is 16.6. The number of amides is 1. The number of nitro groups is 1. The number of hydrogen-bond acceptors (Lipinski definition) is 5. The zero-order chi connectivity index (χ0) is 15.1. The summed E-state index contributed by atoms with van der Waals surface area (Å²) in [7, 11) is 0. The lowest BCUT2D eigenvalue weighted by atomic mass is 10.1. The standard InChI is InChI=1S/C12H20N4O4/c1-3-10(4-2)15(7-8-17)12(18)9-14-6-5-11(13-14)16(19)20/h5-6,10,17H,3-4,7-9H2,1-2H3. The van der Waals surface area contributed by atoms with E-state index in [4.69, 9.17) is 5.11 Å². The molecule has 0 saturated heterocycles. The molecule has 1 N–H and O–H groups in total. The van der Waals surface area contributed by atoms with Crippen LogP contribution in [0.5, 0.6) is 0 Å². The second kappa shape index (κ2) is 7.59. The molecule has 0 bridgehead atoms. The summed E-state index contributed by atoms with van der Waals surface area (Å²) in [6.45, 7) is 4.04. The molecule has 1 amide bonds. The van der Waals surface area contributed by atoms with Crippen molar-refractivity contribution >= 4 is 11.7 Å². The van der Waals surface area contributed by atoms with Crippen LogP contribution in [0.1, 0.15) is 26.7 Å². The molecule has 0 radical (unpaired) electrons. The molecule has 0 saturated carbocycles. The van der Waals surface area contributed by atoms with E-state index >= 15 is 0 Å². The number of rotatable bonds is 8. The quantitative estimate of drug-likeness (QED) is 0.562. The van der Waals surface area contributed by atoms with Crippen molar-refractivity contribution < 1.29 is 14.8 Å². The van der Waals surface area contributed by atoms with Crippen LogP contribution in [0.25, 0.3) is 0 Å². The molecule has 0 atom stereocenters. The number of carbonyl (C=O) groups is 1. The van der Waals surface area contributed by atoms with Gasteiger partial charge in [-0.15, -0.1) is 0 Å². The van der Waals surface area contributed by atoms with Crippen molar-refractivity contribution in [3.63, 3.8) is 0 Å². The molecule has 1 rings (SSSR count). The molecule has 112 valence electrons. The molecule has 0 spiro atoms. The van der Waals surface area contributed by atoms with Crippen LogP contribution in [-0.2, 0) is 11.3 Å². The van der Waals surface area contributed by atoms with E-state index in [1.54, 1.807) is 4.90 Å². The van der Waals surface area contributed by atoms with Gasteiger partial charge in [0.25, 0.3) is 0 Å². The third-order valence-corrected chi connectivity index (χ3v) is 3.16. The molecular weight excluding hydrogens is 264 g/mol.